The van der Waals surface area contributed by atoms with Crippen LogP contribution in [0.2, 0.25) is 0 Å². The van der Waals surface area contributed by atoms with Crippen molar-refractivity contribution in [1.82, 2.24) is 15.5 Å². The molecule has 1 heterocycles. The zero-order valence-corrected chi connectivity index (χ0v) is 8.89. The molecule has 0 unspecified atom stereocenters. The van der Waals surface area contributed by atoms with Crippen molar-refractivity contribution in [3.05, 3.63) is 47.7 Å². The summed E-state index contributed by atoms with van der Waals surface area (Å²) < 4.78 is 5.26. The molecule has 0 atom stereocenters. The predicted molar refractivity (Wildman–Crippen MR) is 59.2 cm³/mol. The number of hydrogen-bond donors (Lipinski definition) is 2. The van der Waals surface area contributed by atoms with Crippen LogP contribution in [0.4, 0.5) is 0 Å². The average Bonchev–Trinajstić information content (AvgIpc) is 2.78. The first-order valence-corrected chi connectivity index (χ1v) is 5.14. The highest BCUT2D eigenvalue weighted by atomic mass is 16.4. The van der Waals surface area contributed by atoms with Gasteiger partial charge in [-0.1, -0.05) is 30.3 Å². The molecule has 0 aliphatic rings. The van der Waals surface area contributed by atoms with E-state index in [4.69, 9.17) is 10.2 Å². The number of nitrogens with zero attached hydrogens (tertiary/aromatic N) is 2. The molecule has 0 aliphatic heterocycles. The Bertz CT molecular complexity index is 427. The minimum atomic E-state index is 0.283. The van der Waals surface area contributed by atoms with Crippen LogP contribution in [0.3, 0.4) is 0 Å². The zero-order chi connectivity index (χ0) is 11.2. The number of nitrogens with two attached hydrogens (primary N) is 1. The number of benzene rings is 1. The molecule has 1 aromatic heterocycles. The first-order chi connectivity index (χ1) is 7.88. The van der Waals surface area contributed by atoms with Gasteiger partial charge in [-0.25, -0.2) is 0 Å². The van der Waals surface area contributed by atoms with Crippen molar-refractivity contribution >= 4 is 0 Å². The molecule has 2 rings (SSSR count). The lowest BCUT2D eigenvalue weighted by atomic mass is 10.2. The molecule has 2 aromatic rings. The Morgan fingerprint density at radius 2 is 1.81 bits per heavy atom. The third-order valence-electron chi connectivity index (χ3n) is 2.13. The summed E-state index contributed by atoms with van der Waals surface area (Å²) in [6, 6.07) is 10.1. The van der Waals surface area contributed by atoms with Crippen molar-refractivity contribution in [3.8, 4) is 0 Å². The van der Waals surface area contributed by atoms with E-state index < -0.39 is 0 Å². The van der Waals surface area contributed by atoms with Gasteiger partial charge < -0.3 is 15.5 Å². The normalized spacial score (nSPS) is 10.6. The number of hydrogen-bond acceptors (Lipinski definition) is 5. The second-order valence-electron chi connectivity index (χ2n) is 3.38. The SMILES string of the molecule is NCc1nnc(CNCc2ccccc2)o1. The highest BCUT2D eigenvalue weighted by Gasteiger charge is 2.02. The molecule has 84 valence electrons. The summed E-state index contributed by atoms with van der Waals surface area (Å²) in [4.78, 5) is 0. The van der Waals surface area contributed by atoms with Crippen molar-refractivity contribution in [3.63, 3.8) is 0 Å². The molecule has 0 radical (unpaired) electrons. The van der Waals surface area contributed by atoms with E-state index in [9.17, 15) is 0 Å². The van der Waals surface area contributed by atoms with E-state index in [1.54, 1.807) is 0 Å². The fraction of sp³-hybridized carbons (Fsp3) is 0.273. The van der Waals surface area contributed by atoms with E-state index in [1.165, 1.54) is 5.56 Å². The van der Waals surface area contributed by atoms with Gasteiger partial charge in [0, 0.05) is 6.54 Å². The van der Waals surface area contributed by atoms with Gasteiger partial charge in [-0.05, 0) is 5.56 Å². The largest absolute Gasteiger partial charge is 0.422 e. The Balaban J connectivity index is 1.80. The summed E-state index contributed by atoms with van der Waals surface area (Å²) in [5.41, 5.74) is 6.59. The van der Waals surface area contributed by atoms with Crippen LogP contribution in [-0.2, 0) is 19.6 Å². The molecule has 0 amide bonds. The highest BCUT2D eigenvalue weighted by molar-refractivity contribution is 5.14. The van der Waals surface area contributed by atoms with Gasteiger partial charge in [0.25, 0.3) is 0 Å². The standard InChI is InChI=1S/C11H14N4O/c12-6-10-14-15-11(16-10)8-13-7-9-4-2-1-3-5-9/h1-5,13H,6-8,12H2. The lowest BCUT2D eigenvalue weighted by molar-refractivity contribution is 0.433. The molecule has 0 saturated carbocycles. The van der Waals surface area contributed by atoms with Crippen molar-refractivity contribution in [1.29, 1.82) is 0 Å². The van der Waals surface area contributed by atoms with Gasteiger partial charge >= 0.3 is 0 Å². The second kappa shape index (κ2) is 5.39. The van der Waals surface area contributed by atoms with E-state index in [0.717, 1.165) is 6.54 Å². The maximum atomic E-state index is 5.37. The van der Waals surface area contributed by atoms with Gasteiger partial charge in [-0.15, -0.1) is 10.2 Å². The first kappa shape index (κ1) is 10.8. The number of rotatable bonds is 5. The van der Waals surface area contributed by atoms with Gasteiger partial charge in [-0.3, -0.25) is 0 Å². The number of nitrogens with one attached hydrogen (secondary N) is 1. The van der Waals surface area contributed by atoms with Crippen molar-refractivity contribution in [2.24, 2.45) is 5.73 Å². The second-order valence-corrected chi connectivity index (χ2v) is 3.38. The Morgan fingerprint density at radius 3 is 2.50 bits per heavy atom. The molecule has 16 heavy (non-hydrogen) atoms. The molecule has 0 spiro atoms. The van der Waals surface area contributed by atoms with Gasteiger partial charge in [0.1, 0.15) is 0 Å². The Kier molecular flexibility index (Phi) is 3.63. The monoisotopic (exact) mass is 218 g/mol. The molecule has 0 aliphatic carbocycles. The topological polar surface area (TPSA) is 77.0 Å². The molecule has 0 fully saturated rings. The highest BCUT2D eigenvalue weighted by Crippen LogP contribution is 2.00. The van der Waals surface area contributed by atoms with E-state index >= 15 is 0 Å². The number of aromatic nitrogens is 2. The van der Waals surface area contributed by atoms with Gasteiger partial charge in [0.15, 0.2) is 0 Å². The minimum absolute atomic E-state index is 0.283. The van der Waals surface area contributed by atoms with E-state index in [1.807, 2.05) is 18.2 Å². The lowest BCUT2D eigenvalue weighted by Gasteiger charge is -2.01. The first-order valence-electron chi connectivity index (χ1n) is 5.14. The van der Waals surface area contributed by atoms with Crippen molar-refractivity contribution < 1.29 is 4.42 Å². The van der Waals surface area contributed by atoms with Crippen LogP contribution in [0.15, 0.2) is 34.7 Å². The van der Waals surface area contributed by atoms with Crippen LogP contribution in [0, 0.1) is 0 Å². The van der Waals surface area contributed by atoms with Crippen molar-refractivity contribution in [2.75, 3.05) is 0 Å². The lowest BCUT2D eigenvalue weighted by Crippen LogP contribution is -2.12. The Hall–Kier alpha value is -1.72. The fourth-order valence-corrected chi connectivity index (χ4v) is 1.35. The Labute approximate surface area is 93.7 Å². The summed E-state index contributed by atoms with van der Waals surface area (Å²) in [6.45, 7) is 1.62. The molecule has 5 nitrogen and oxygen atoms in total. The third kappa shape index (κ3) is 2.88. The van der Waals surface area contributed by atoms with Crippen LogP contribution in [0.25, 0.3) is 0 Å². The fourth-order valence-electron chi connectivity index (χ4n) is 1.35. The molecule has 1 aromatic carbocycles. The smallest absolute Gasteiger partial charge is 0.230 e. The Morgan fingerprint density at radius 1 is 1.06 bits per heavy atom. The molecule has 0 bridgehead atoms. The molecular formula is C11H14N4O. The summed E-state index contributed by atoms with van der Waals surface area (Å²) in [6.07, 6.45) is 0. The zero-order valence-electron chi connectivity index (χ0n) is 8.89. The molecule has 0 saturated heterocycles. The molecule has 5 heteroatoms. The summed E-state index contributed by atoms with van der Waals surface area (Å²) in [5, 5.41) is 10.9. The van der Waals surface area contributed by atoms with E-state index in [-0.39, 0.29) is 6.54 Å². The predicted octanol–water partition coefficient (Wildman–Crippen LogP) is 0.818. The summed E-state index contributed by atoms with van der Waals surface area (Å²) in [7, 11) is 0. The summed E-state index contributed by atoms with van der Waals surface area (Å²) >= 11 is 0. The van der Waals surface area contributed by atoms with Crippen LogP contribution < -0.4 is 11.1 Å². The van der Waals surface area contributed by atoms with Crippen LogP contribution >= 0.6 is 0 Å². The third-order valence-corrected chi connectivity index (χ3v) is 2.13. The summed E-state index contributed by atoms with van der Waals surface area (Å²) in [5.74, 6) is 1.04. The van der Waals surface area contributed by atoms with E-state index in [2.05, 4.69) is 27.6 Å². The quantitative estimate of drug-likeness (QED) is 0.776. The molecule has 3 N–H and O–H groups in total. The van der Waals surface area contributed by atoms with Crippen molar-refractivity contribution in [2.45, 2.75) is 19.6 Å². The molecular weight excluding hydrogens is 204 g/mol. The van der Waals surface area contributed by atoms with Crippen LogP contribution in [0.5, 0.6) is 0 Å². The van der Waals surface area contributed by atoms with E-state index in [0.29, 0.717) is 18.3 Å². The van der Waals surface area contributed by atoms with Crippen LogP contribution in [0.1, 0.15) is 17.3 Å². The van der Waals surface area contributed by atoms with Gasteiger partial charge in [0.05, 0.1) is 13.1 Å². The van der Waals surface area contributed by atoms with Gasteiger partial charge in [-0.2, -0.15) is 0 Å². The maximum absolute atomic E-state index is 5.37. The minimum Gasteiger partial charge on any atom is -0.422 e. The van der Waals surface area contributed by atoms with Crippen LogP contribution in [-0.4, -0.2) is 10.2 Å². The van der Waals surface area contributed by atoms with Gasteiger partial charge in [0.2, 0.25) is 11.8 Å². The maximum Gasteiger partial charge on any atom is 0.230 e. The average molecular weight is 218 g/mol.